The Labute approximate surface area is 376 Å². The molecule has 0 spiro atoms. The molecule has 0 aliphatic heterocycles. The van der Waals surface area contributed by atoms with Crippen LogP contribution in [0.1, 0.15) is 226 Å². The number of amides is 1. The van der Waals surface area contributed by atoms with E-state index in [2.05, 4.69) is 99.0 Å². The van der Waals surface area contributed by atoms with E-state index in [-0.39, 0.29) is 24.9 Å². The molecule has 0 aliphatic carbocycles. The third kappa shape index (κ3) is 43.5. The highest BCUT2D eigenvalue weighted by Gasteiger charge is 2.23. The smallest absolute Gasteiger partial charge is 0.306 e. The lowest BCUT2D eigenvalue weighted by atomic mass is 10.0. The molecule has 0 bridgehead atoms. The average molecular weight is 850 g/mol. The van der Waals surface area contributed by atoms with Crippen molar-refractivity contribution in [2.45, 2.75) is 244 Å². The molecule has 0 heterocycles. The van der Waals surface area contributed by atoms with Gasteiger partial charge in [-0.1, -0.05) is 221 Å². The van der Waals surface area contributed by atoms with Gasteiger partial charge in [0, 0.05) is 12.8 Å². The Balaban J connectivity index is 4.74. The number of rotatable bonds is 44. The molecule has 0 aromatic carbocycles. The van der Waals surface area contributed by atoms with Crippen molar-refractivity contribution in [1.82, 2.24) is 5.32 Å². The van der Waals surface area contributed by atoms with E-state index in [0.29, 0.717) is 19.3 Å². The lowest BCUT2D eigenvalue weighted by Crippen LogP contribution is -2.46. The number of nitrogens with one attached hydrogen (secondary N) is 1. The van der Waals surface area contributed by atoms with E-state index < -0.39 is 18.2 Å². The van der Waals surface area contributed by atoms with Crippen LogP contribution in [0.25, 0.3) is 0 Å². The number of ether oxygens (including phenoxy) is 1. The molecule has 0 radical (unpaired) electrons. The fourth-order valence-corrected chi connectivity index (χ4v) is 7.20. The Hall–Kier alpha value is -2.96. The number of hydrogen-bond donors (Lipinski definition) is 3. The summed E-state index contributed by atoms with van der Waals surface area (Å²) in [6, 6.07) is -0.737. The summed E-state index contributed by atoms with van der Waals surface area (Å²) in [5, 5.41) is 23.7. The van der Waals surface area contributed by atoms with Gasteiger partial charge in [-0.3, -0.25) is 9.59 Å². The Morgan fingerprint density at radius 1 is 0.508 bits per heavy atom. The summed E-state index contributed by atoms with van der Waals surface area (Å²) in [5.74, 6) is -0.593. The molecule has 0 aromatic rings. The van der Waals surface area contributed by atoms with Gasteiger partial charge in [0.2, 0.25) is 5.91 Å². The van der Waals surface area contributed by atoms with E-state index >= 15 is 0 Å². The van der Waals surface area contributed by atoms with Crippen LogP contribution in [0.4, 0.5) is 0 Å². The van der Waals surface area contributed by atoms with Crippen LogP contribution in [-0.2, 0) is 14.3 Å². The molecule has 0 aliphatic rings. The number of unbranched alkanes of at least 4 members (excludes halogenated alkanes) is 19. The van der Waals surface area contributed by atoms with Crippen molar-refractivity contribution in [2.24, 2.45) is 0 Å². The number of aliphatic hydroxyl groups excluding tert-OH is 2. The maximum Gasteiger partial charge on any atom is 0.306 e. The molecule has 0 saturated heterocycles. The Morgan fingerprint density at radius 3 is 1.39 bits per heavy atom. The summed E-state index contributed by atoms with van der Waals surface area (Å²) in [5.41, 5.74) is 0. The summed E-state index contributed by atoms with van der Waals surface area (Å²) >= 11 is 0. The molecular formula is C55H95NO5. The van der Waals surface area contributed by atoms with Crippen LogP contribution in [-0.4, -0.2) is 46.9 Å². The molecule has 0 rings (SSSR count). The van der Waals surface area contributed by atoms with Crippen LogP contribution in [0, 0.1) is 0 Å². The summed E-state index contributed by atoms with van der Waals surface area (Å²) in [6.07, 6.45) is 62.3. The highest BCUT2D eigenvalue weighted by Crippen LogP contribution is 2.16. The predicted molar refractivity (Wildman–Crippen MR) is 264 cm³/mol. The fraction of sp³-hybridized carbons (Fsp3) is 0.709. The van der Waals surface area contributed by atoms with Crippen LogP contribution in [0.5, 0.6) is 0 Å². The zero-order chi connectivity index (χ0) is 44.5. The Kier molecular flexibility index (Phi) is 45.7. The van der Waals surface area contributed by atoms with Gasteiger partial charge in [0.25, 0.3) is 0 Å². The van der Waals surface area contributed by atoms with Gasteiger partial charge in [0.05, 0.1) is 25.2 Å². The molecule has 3 atom stereocenters. The molecule has 6 nitrogen and oxygen atoms in total. The monoisotopic (exact) mass is 850 g/mol. The lowest BCUT2D eigenvalue weighted by molar-refractivity contribution is -0.150. The number of aliphatic hydroxyl groups is 2. The van der Waals surface area contributed by atoms with Crippen molar-refractivity contribution < 1.29 is 24.5 Å². The molecule has 0 fully saturated rings. The van der Waals surface area contributed by atoms with E-state index in [0.717, 1.165) is 89.9 Å². The SMILES string of the molecule is CC/C=C\C/C=C\C/C=C\C/C=C\C/C=C\CC(CC(=O)NC(CO)C(O)CCCCCCCCCCCCCCC)OC(=O)CCCCCCCCC/C=C/C/C=C/CC. The average Bonchev–Trinajstić information content (AvgIpc) is 3.25. The van der Waals surface area contributed by atoms with Crippen LogP contribution < -0.4 is 5.32 Å². The van der Waals surface area contributed by atoms with Crippen molar-refractivity contribution in [3.63, 3.8) is 0 Å². The molecule has 0 saturated carbocycles. The minimum atomic E-state index is -0.816. The molecule has 3 N–H and O–H groups in total. The number of carbonyl (C=O) groups is 2. The van der Waals surface area contributed by atoms with Crippen molar-refractivity contribution >= 4 is 11.9 Å². The molecule has 61 heavy (non-hydrogen) atoms. The van der Waals surface area contributed by atoms with Gasteiger partial charge in [-0.15, -0.1) is 0 Å². The summed E-state index contributed by atoms with van der Waals surface area (Å²) in [4.78, 5) is 26.1. The Bertz CT molecular complexity index is 1180. The maximum atomic E-state index is 13.2. The van der Waals surface area contributed by atoms with E-state index in [1.165, 1.54) is 89.9 Å². The third-order valence-electron chi connectivity index (χ3n) is 11.0. The topological polar surface area (TPSA) is 95.9 Å². The molecule has 3 unspecified atom stereocenters. The third-order valence-corrected chi connectivity index (χ3v) is 11.0. The maximum absolute atomic E-state index is 13.2. The number of allylic oxidation sites excluding steroid dienone is 13. The normalized spacial score (nSPS) is 14.0. The first-order valence-corrected chi connectivity index (χ1v) is 25.3. The zero-order valence-electron chi connectivity index (χ0n) is 39.8. The highest BCUT2D eigenvalue weighted by molar-refractivity contribution is 5.77. The second-order valence-corrected chi connectivity index (χ2v) is 16.8. The van der Waals surface area contributed by atoms with E-state index in [1.807, 2.05) is 12.2 Å². The minimum absolute atomic E-state index is 0.00730. The number of hydrogen-bond acceptors (Lipinski definition) is 5. The van der Waals surface area contributed by atoms with E-state index in [9.17, 15) is 19.8 Å². The van der Waals surface area contributed by atoms with Gasteiger partial charge < -0.3 is 20.3 Å². The van der Waals surface area contributed by atoms with Gasteiger partial charge in [0.15, 0.2) is 0 Å². The van der Waals surface area contributed by atoms with Crippen molar-refractivity contribution in [2.75, 3.05) is 6.61 Å². The van der Waals surface area contributed by atoms with Crippen molar-refractivity contribution in [3.8, 4) is 0 Å². The van der Waals surface area contributed by atoms with Gasteiger partial charge in [0.1, 0.15) is 6.10 Å². The Morgan fingerprint density at radius 2 is 0.918 bits per heavy atom. The van der Waals surface area contributed by atoms with Crippen molar-refractivity contribution in [3.05, 3.63) is 85.1 Å². The number of esters is 1. The van der Waals surface area contributed by atoms with Gasteiger partial charge in [-0.2, -0.15) is 0 Å². The van der Waals surface area contributed by atoms with Crippen molar-refractivity contribution in [1.29, 1.82) is 0 Å². The minimum Gasteiger partial charge on any atom is -0.461 e. The second-order valence-electron chi connectivity index (χ2n) is 16.8. The summed E-state index contributed by atoms with van der Waals surface area (Å²) < 4.78 is 5.86. The lowest BCUT2D eigenvalue weighted by Gasteiger charge is -2.24. The molecular weight excluding hydrogens is 755 g/mol. The van der Waals surface area contributed by atoms with E-state index in [1.54, 1.807) is 0 Å². The molecule has 1 amide bonds. The molecule has 350 valence electrons. The summed E-state index contributed by atoms with van der Waals surface area (Å²) in [7, 11) is 0. The first-order valence-electron chi connectivity index (χ1n) is 25.3. The zero-order valence-corrected chi connectivity index (χ0v) is 39.8. The fourth-order valence-electron chi connectivity index (χ4n) is 7.20. The largest absolute Gasteiger partial charge is 0.461 e. The van der Waals surface area contributed by atoms with Crippen LogP contribution in [0.2, 0.25) is 0 Å². The van der Waals surface area contributed by atoms with Gasteiger partial charge >= 0.3 is 5.97 Å². The predicted octanol–water partition coefficient (Wildman–Crippen LogP) is 15.2. The molecule has 6 heteroatoms. The molecule has 0 aromatic heterocycles. The van der Waals surface area contributed by atoms with Gasteiger partial charge in [-0.05, 0) is 70.6 Å². The van der Waals surface area contributed by atoms with Crippen LogP contribution in [0.3, 0.4) is 0 Å². The van der Waals surface area contributed by atoms with E-state index in [4.69, 9.17) is 4.74 Å². The summed E-state index contributed by atoms with van der Waals surface area (Å²) in [6.45, 7) is 6.23. The second kappa shape index (κ2) is 48.1. The highest BCUT2D eigenvalue weighted by atomic mass is 16.5. The standard InChI is InChI=1S/C55H95NO5/c1-4-7-10-13-16-19-22-25-27-29-31-34-37-40-43-46-51(61-55(60)48-45-42-39-36-33-30-26-23-20-17-14-11-8-5-2)49-54(59)56-52(50-57)53(58)47-44-41-38-35-32-28-24-21-18-15-12-9-6-3/h7-8,10-11,16-17,19-20,25,27,31,34,40,43,51-53,57-58H,4-6,9,12-15,18,21-24,26,28-30,32-33,35-39,41-42,44-50H2,1-3H3,(H,56,59)/b10-7-,11-8+,19-16-,20-17+,27-25-,34-31-,43-40-. The van der Waals surface area contributed by atoms with Crippen LogP contribution in [0.15, 0.2) is 85.1 Å². The van der Waals surface area contributed by atoms with Crippen LogP contribution >= 0.6 is 0 Å². The quantitative estimate of drug-likeness (QED) is 0.0322. The number of carbonyl (C=O) groups excluding carboxylic acids is 2. The van der Waals surface area contributed by atoms with Gasteiger partial charge in [-0.25, -0.2) is 0 Å². The first kappa shape index (κ1) is 58.0. The first-order chi connectivity index (χ1) is 30.0.